The van der Waals surface area contributed by atoms with Crippen LogP contribution < -0.4 is 11.3 Å². The maximum atomic E-state index is 12.6. The molecule has 0 aliphatic carbocycles. The average molecular weight is 322 g/mol. The molecule has 3 N–H and O–H groups in total. The summed E-state index contributed by atoms with van der Waals surface area (Å²) in [5.41, 5.74) is 8.35. The van der Waals surface area contributed by atoms with Crippen molar-refractivity contribution in [1.82, 2.24) is 4.57 Å². The van der Waals surface area contributed by atoms with Crippen LogP contribution in [-0.4, -0.2) is 15.6 Å². The maximum absolute atomic E-state index is 12.6. The van der Waals surface area contributed by atoms with Crippen LogP contribution in [0.2, 0.25) is 0 Å². The number of rotatable bonds is 4. The lowest BCUT2D eigenvalue weighted by atomic mass is 9.96. The van der Waals surface area contributed by atoms with Gasteiger partial charge in [-0.25, -0.2) is 0 Å². The minimum atomic E-state index is -0.973. The summed E-state index contributed by atoms with van der Waals surface area (Å²) in [5.74, 6) is -1.76. The highest BCUT2D eigenvalue weighted by molar-refractivity contribution is 5.90. The molecule has 1 aromatic heterocycles. The van der Waals surface area contributed by atoms with Crippen molar-refractivity contribution in [2.24, 2.45) is 0 Å². The van der Waals surface area contributed by atoms with Gasteiger partial charge in [-0.3, -0.25) is 9.59 Å². The fourth-order valence-corrected chi connectivity index (χ4v) is 2.85. The van der Waals surface area contributed by atoms with E-state index in [0.717, 1.165) is 5.56 Å². The van der Waals surface area contributed by atoms with Gasteiger partial charge in [-0.05, 0) is 36.2 Å². The van der Waals surface area contributed by atoms with Gasteiger partial charge in [0, 0.05) is 17.1 Å². The third-order valence-corrected chi connectivity index (χ3v) is 4.19. The number of aromatic nitrogens is 1. The van der Waals surface area contributed by atoms with Gasteiger partial charge >= 0.3 is 5.97 Å². The third-order valence-electron chi connectivity index (χ3n) is 4.19. The number of hydrogen-bond acceptors (Lipinski definition) is 3. The molecule has 0 aliphatic heterocycles. The second-order valence-electron chi connectivity index (χ2n) is 5.85. The lowest BCUT2D eigenvalue weighted by molar-refractivity contribution is -0.138. The van der Waals surface area contributed by atoms with Gasteiger partial charge in [0.15, 0.2) is 0 Å². The number of carboxylic acids is 1. The minimum absolute atomic E-state index is 0.223. The van der Waals surface area contributed by atoms with Crippen molar-refractivity contribution in [1.29, 1.82) is 0 Å². The molecule has 0 fully saturated rings. The molecule has 5 nitrogen and oxygen atoms in total. The van der Waals surface area contributed by atoms with Crippen molar-refractivity contribution in [3.05, 3.63) is 76.1 Å². The van der Waals surface area contributed by atoms with Crippen molar-refractivity contribution in [2.75, 3.05) is 5.73 Å². The molecule has 0 saturated heterocycles. The zero-order valence-corrected chi connectivity index (χ0v) is 13.3. The third kappa shape index (κ3) is 2.88. The van der Waals surface area contributed by atoms with Crippen LogP contribution in [-0.2, 0) is 11.3 Å². The van der Waals surface area contributed by atoms with Gasteiger partial charge in [-0.2, -0.15) is 0 Å². The summed E-state index contributed by atoms with van der Waals surface area (Å²) in [4.78, 5) is 24.0. The van der Waals surface area contributed by atoms with Crippen molar-refractivity contribution >= 4 is 22.6 Å². The van der Waals surface area contributed by atoms with Crippen LogP contribution in [0.4, 0.5) is 5.69 Å². The molecule has 0 amide bonds. The summed E-state index contributed by atoms with van der Waals surface area (Å²) in [5, 5.41) is 10.0. The molecular formula is C19H18N2O3. The zero-order chi connectivity index (χ0) is 17.3. The van der Waals surface area contributed by atoms with Crippen molar-refractivity contribution < 1.29 is 9.90 Å². The highest BCUT2D eigenvalue weighted by atomic mass is 16.4. The Balaban J connectivity index is 2.25. The van der Waals surface area contributed by atoms with Gasteiger partial charge in [0.05, 0.1) is 18.0 Å². The quantitative estimate of drug-likeness (QED) is 0.723. The van der Waals surface area contributed by atoms with Crippen LogP contribution in [0, 0.1) is 0 Å². The number of aliphatic carboxylic acids is 1. The van der Waals surface area contributed by atoms with Crippen LogP contribution in [0.25, 0.3) is 10.9 Å². The number of nitrogens with zero attached hydrogens (tertiary/aromatic N) is 1. The van der Waals surface area contributed by atoms with Crippen molar-refractivity contribution in [3.8, 4) is 0 Å². The fraction of sp³-hybridized carbons (Fsp3) is 0.158. The second kappa shape index (κ2) is 6.20. The second-order valence-corrected chi connectivity index (χ2v) is 5.85. The van der Waals surface area contributed by atoms with E-state index < -0.39 is 11.9 Å². The van der Waals surface area contributed by atoms with Crippen LogP contribution in [0.5, 0.6) is 0 Å². The summed E-state index contributed by atoms with van der Waals surface area (Å²) in [7, 11) is 0. The summed E-state index contributed by atoms with van der Waals surface area (Å²) in [6.07, 6.45) is 0. The monoisotopic (exact) mass is 322 g/mol. The number of hydrogen-bond donors (Lipinski definition) is 2. The van der Waals surface area contributed by atoms with Gasteiger partial charge in [0.2, 0.25) is 0 Å². The van der Waals surface area contributed by atoms with Gasteiger partial charge in [-0.15, -0.1) is 0 Å². The molecule has 0 aliphatic rings. The van der Waals surface area contributed by atoms with Crippen molar-refractivity contribution in [2.45, 2.75) is 19.4 Å². The molecule has 2 aromatic carbocycles. The summed E-state index contributed by atoms with van der Waals surface area (Å²) in [6.45, 7) is 1.99. The van der Waals surface area contributed by atoms with E-state index in [1.807, 2.05) is 30.3 Å². The molecule has 0 spiro atoms. The topological polar surface area (TPSA) is 85.3 Å². The number of carboxylic acid groups (broad SMARTS) is 1. The molecule has 0 saturated carbocycles. The van der Waals surface area contributed by atoms with E-state index in [4.69, 9.17) is 5.73 Å². The molecule has 5 heteroatoms. The predicted octanol–water partition coefficient (Wildman–Crippen LogP) is 2.82. The Morgan fingerprint density at radius 3 is 2.54 bits per heavy atom. The Morgan fingerprint density at radius 2 is 1.88 bits per heavy atom. The molecular weight excluding hydrogens is 304 g/mol. The first-order valence-electron chi connectivity index (χ1n) is 7.67. The lowest BCUT2D eigenvalue weighted by Crippen LogP contribution is -2.23. The first-order chi connectivity index (χ1) is 11.5. The number of carbonyl (C=O) groups is 1. The number of nitrogen functional groups attached to an aromatic ring is 1. The largest absolute Gasteiger partial charge is 0.481 e. The molecule has 1 atom stereocenters. The number of anilines is 1. The molecule has 1 unspecified atom stereocenters. The van der Waals surface area contributed by atoms with Crippen LogP contribution in [0.3, 0.4) is 0 Å². The standard InChI is InChI=1S/C19H18N2O3/c1-12(19(23)24)15-10-18(22)21(11-13-5-3-2-4-6-13)17-8-7-14(20)9-16(15)17/h2-10,12H,11,20H2,1H3,(H,23,24). The molecule has 122 valence electrons. The number of pyridine rings is 1. The minimum Gasteiger partial charge on any atom is -0.481 e. The summed E-state index contributed by atoms with van der Waals surface area (Å²) in [6, 6.07) is 16.3. The SMILES string of the molecule is CC(C(=O)O)c1cc(=O)n(Cc2ccccc2)c2ccc(N)cc12. The van der Waals surface area contributed by atoms with E-state index >= 15 is 0 Å². The van der Waals surface area contributed by atoms with E-state index in [0.29, 0.717) is 28.7 Å². The first kappa shape index (κ1) is 15.8. The van der Waals surface area contributed by atoms with E-state index in [9.17, 15) is 14.7 Å². The Labute approximate surface area is 139 Å². The van der Waals surface area contributed by atoms with Crippen LogP contribution in [0.15, 0.2) is 59.4 Å². The molecule has 0 bridgehead atoms. The predicted molar refractivity (Wildman–Crippen MR) is 94.2 cm³/mol. The molecule has 24 heavy (non-hydrogen) atoms. The normalized spacial score (nSPS) is 12.2. The van der Waals surface area contributed by atoms with E-state index in [-0.39, 0.29) is 5.56 Å². The highest BCUT2D eigenvalue weighted by Crippen LogP contribution is 2.26. The molecule has 1 heterocycles. The van der Waals surface area contributed by atoms with Gasteiger partial charge in [0.25, 0.3) is 5.56 Å². The number of fused-ring (bicyclic) bond motifs is 1. The van der Waals surface area contributed by atoms with E-state index in [1.165, 1.54) is 6.07 Å². The smallest absolute Gasteiger partial charge is 0.310 e. The van der Waals surface area contributed by atoms with Crippen LogP contribution >= 0.6 is 0 Å². The van der Waals surface area contributed by atoms with Gasteiger partial charge < -0.3 is 15.4 Å². The fourth-order valence-electron chi connectivity index (χ4n) is 2.85. The summed E-state index contributed by atoms with van der Waals surface area (Å²) >= 11 is 0. The van der Waals surface area contributed by atoms with Gasteiger partial charge in [-0.1, -0.05) is 30.3 Å². The lowest BCUT2D eigenvalue weighted by Gasteiger charge is -2.16. The highest BCUT2D eigenvalue weighted by Gasteiger charge is 2.19. The van der Waals surface area contributed by atoms with Crippen LogP contribution in [0.1, 0.15) is 24.0 Å². The average Bonchev–Trinajstić information content (AvgIpc) is 2.57. The Hall–Kier alpha value is -3.08. The Morgan fingerprint density at radius 1 is 1.17 bits per heavy atom. The zero-order valence-electron chi connectivity index (χ0n) is 13.3. The van der Waals surface area contributed by atoms with E-state index in [2.05, 4.69) is 0 Å². The Bertz CT molecular complexity index is 962. The number of benzene rings is 2. The number of nitrogens with two attached hydrogens (primary N) is 1. The molecule has 0 radical (unpaired) electrons. The van der Waals surface area contributed by atoms with Crippen molar-refractivity contribution in [3.63, 3.8) is 0 Å². The summed E-state index contributed by atoms with van der Waals surface area (Å²) < 4.78 is 1.64. The van der Waals surface area contributed by atoms with Gasteiger partial charge in [0.1, 0.15) is 0 Å². The first-order valence-corrected chi connectivity index (χ1v) is 7.67. The Kier molecular flexibility index (Phi) is 4.08. The van der Waals surface area contributed by atoms with E-state index in [1.54, 1.807) is 29.7 Å². The maximum Gasteiger partial charge on any atom is 0.310 e. The molecule has 3 aromatic rings. The molecule has 3 rings (SSSR count).